The highest BCUT2D eigenvalue weighted by Crippen LogP contribution is 2.25. The van der Waals surface area contributed by atoms with Crippen molar-refractivity contribution in [1.29, 1.82) is 5.26 Å². The van der Waals surface area contributed by atoms with Crippen LogP contribution in [0.25, 0.3) is 0 Å². The monoisotopic (exact) mass is 196 g/mol. The van der Waals surface area contributed by atoms with E-state index in [0.717, 1.165) is 32.5 Å². The second-order valence-electron chi connectivity index (χ2n) is 5.00. The SMILES string of the molecule is CC(C)(CCC#N)CN1CC[C@H](O)C1. The van der Waals surface area contributed by atoms with E-state index in [0.29, 0.717) is 6.42 Å². The van der Waals surface area contributed by atoms with E-state index in [1.54, 1.807) is 0 Å². The van der Waals surface area contributed by atoms with E-state index in [-0.39, 0.29) is 11.5 Å². The van der Waals surface area contributed by atoms with Crippen molar-refractivity contribution < 1.29 is 5.11 Å². The first-order valence-electron chi connectivity index (χ1n) is 5.31. The van der Waals surface area contributed by atoms with Gasteiger partial charge in [-0.25, -0.2) is 0 Å². The third-order valence-electron chi connectivity index (χ3n) is 2.81. The van der Waals surface area contributed by atoms with Gasteiger partial charge in [-0.05, 0) is 18.3 Å². The average Bonchev–Trinajstić information content (AvgIpc) is 2.47. The number of rotatable bonds is 4. The molecule has 1 aliphatic rings. The van der Waals surface area contributed by atoms with Crippen LogP contribution in [0.5, 0.6) is 0 Å². The maximum absolute atomic E-state index is 9.38. The summed E-state index contributed by atoms with van der Waals surface area (Å²) < 4.78 is 0. The molecule has 0 unspecified atom stereocenters. The predicted molar refractivity (Wildman–Crippen MR) is 55.7 cm³/mol. The fraction of sp³-hybridized carbons (Fsp3) is 0.909. The third kappa shape index (κ3) is 3.65. The highest BCUT2D eigenvalue weighted by molar-refractivity contribution is 4.83. The van der Waals surface area contributed by atoms with Crippen molar-refractivity contribution in [3.05, 3.63) is 0 Å². The molecular weight excluding hydrogens is 176 g/mol. The van der Waals surface area contributed by atoms with E-state index in [2.05, 4.69) is 24.8 Å². The minimum atomic E-state index is -0.137. The number of aliphatic hydroxyl groups is 1. The second-order valence-corrected chi connectivity index (χ2v) is 5.00. The maximum Gasteiger partial charge on any atom is 0.0679 e. The van der Waals surface area contributed by atoms with Gasteiger partial charge >= 0.3 is 0 Å². The molecule has 3 nitrogen and oxygen atoms in total. The molecule has 0 aromatic rings. The van der Waals surface area contributed by atoms with Gasteiger partial charge in [-0.15, -0.1) is 0 Å². The first-order chi connectivity index (χ1) is 6.53. The fourth-order valence-electron chi connectivity index (χ4n) is 2.03. The van der Waals surface area contributed by atoms with Crippen LogP contribution in [0, 0.1) is 16.7 Å². The van der Waals surface area contributed by atoms with Crippen LogP contribution in [0.3, 0.4) is 0 Å². The van der Waals surface area contributed by atoms with Crippen molar-refractivity contribution in [3.63, 3.8) is 0 Å². The number of aliphatic hydroxyl groups excluding tert-OH is 1. The van der Waals surface area contributed by atoms with Gasteiger partial charge in [0.2, 0.25) is 0 Å². The Morgan fingerprint density at radius 3 is 2.79 bits per heavy atom. The topological polar surface area (TPSA) is 47.3 Å². The zero-order valence-electron chi connectivity index (χ0n) is 9.16. The Kier molecular flexibility index (Phi) is 3.91. The molecule has 1 N–H and O–H groups in total. The highest BCUT2D eigenvalue weighted by Gasteiger charge is 2.26. The number of nitriles is 1. The highest BCUT2D eigenvalue weighted by atomic mass is 16.3. The van der Waals surface area contributed by atoms with Crippen molar-refractivity contribution >= 4 is 0 Å². The smallest absolute Gasteiger partial charge is 0.0679 e. The van der Waals surface area contributed by atoms with Crippen LogP contribution in [-0.2, 0) is 0 Å². The Labute approximate surface area is 86.3 Å². The molecule has 1 saturated heterocycles. The van der Waals surface area contributed by atoms with E-state index in [9.17, 15) is 5.11 Å². The molecule has 1 fully saturated rings. The van der Waals surface area contributed by atoms with Gasteiger partial charge in [0, 0.05) is 26.1 Å². The van der Waals surface area contributed by atoms with Crippen LogP contribution in [-0.4, -0.2) is 35.7 Å². The fourth-order valence-corrected chi connectivity index (χ4v) is 2.03. The molecular formula is C11H20N2O. The summed E-state index contributed by atoms with van der Waals surface area (Å²) in [6, 6.07) is 2.19. The molecule has 1 heterocycles. The summed E-state index contributed by atoms with van der Waals surface area (Å²) in [7, 11) is 0. The lowest BCUT2D eigenvalue weighted by atomic mass is 9.87. The Morgan fingerprint density at radius 2 is 2.29 bits per heavy atom. The van der Waals surface area contributed by atoms with Crippen molar-refractivity contribution in [1.82, 2.24) is 4.90 Å². The minimum absolute atomic E-state index is 0.137. The largest absolute Gasteiger partial charge is 0.392 e. The van der Waals surface area contributed by atoms with Crippen molar-refractivity contribution in [2.45, 2.75) is 39.2 Å². The molecule has 0 radical (unpaired) electrons. The summed E-state index contributed by atoms with van der Waals surface area (Å²) in [5.74, 6) is 0. The first kappa shape index (κ1) is 11.5. The average molecular weight is 196 g/mol. The second kappa shape index (κ2) is 4.77. The number of hydrogen-bond donors (Lipinski definition) is 1. The van der Waals surface area contributed by atoms with Crippen molar-refractivity contribution in [3.8, 4) is 6.07 Å². The lowest BCUT2D eigenvalue weighted by Gasteiger charge is -2.29. The zero-order valence-corrected chi connectivity index (χ0v) is 9.16. The summed E-state index contributed by atoms with van der Waals surface area (Å²) in [6.45, 7) is 7.17. The minimum Gasteiger partial charge on any atom is -0.392 e. The van der Waals surface area contributed by atoms with Crippen molar-refractivity contribution in [2.75, 3.05) is 19.6 Å². The van der Waals surface area contributed by atoms with Gasteiger partial charge in [0.05, 0.1) is 12.2 Å². The molecule has 14 heavy (non-hydrogen) atoms. The third-order valence-corrected chi connectivity index (χ3v) is 2.81. The van der Waals surface area contributed by atoms with Gasteiger partial charge in [0.1, 0.15) is 0 Å². The van der Waals surface area contributed by atoms with Crippen LogP contribution >= 0.6 is 0 Å². The van der Waals surface area contributed by atoms with Crippen molar-refractivity contribution in [2.24, 2.45) is 5.41 Å². The van der Waals surface area contributed by atoms with Crippen LogP contribution in [0.2, 0.25) is 0 Å². The lowest BCUT2D eigenvalue weighted by molar-refractivity contribution is 0.151. The van der Waals surface area contributed by atoms with E-state index < -0.39 is 0 Å². The van der Waals surface area contributed by atoms with Gasteiger partial charge in [-0.3, -0.25) is 0 Å². The predicted octanol–water partition coefficient (Wildman–Crippen LogP) is 1.38. The summed E-state index contributed by atoms with van der Waals surface area (Å²) in [4.78, 5) is 2.29. The summed E-state index contributed by atoms with van der Waals surface area (Å²) in [5.41, 5.74) is 0.194. The standard InChI is InChI=1S/C11H20N2O/c1-11(2,5-3-6-12)9-13-7-4-10(14)8-13/h10,14H,3-5,7-9H2,1-2H3/t10-/m0/s1. The molecule has 80 valence electrons. The lowest BCUT2D eigenvalue weighted by Crippen LogP contribution is -2.33. The zero-order chi connectivity index (χ0) is 10.6. The molecule has 0 amide bonds. The summed E-state index contributed by atoms with van der Waals surface area (Å²) >= 11 is 0. The Bertz CT molecular complexity index is 220. The molecule has 0 bridgehead atoms. The van der Waals surface area contributed by atoms with Gasteiger partial charge in [0.15, 0.2) is 0 Å². The Balaban J connectivity index is 2.31. The maximum atomic E-state index is 9.38. The van der Waals surface area contributed by atoms with E-state index in [4.69, 9.17) is 5.26 Å². The number of likely N-dealkylation sites (tertiary alicyclic amines) is 1. The van der Waals surface area contributed by atoms with E-state index >= 15 is 0 Å². The molecule has 0 aromatic carbocycles. The normalized spacial score (nSPS) is 23.7. The summed E-state index contributed by atoms with van der Waals surface area (Å²) in [6.07, 6.45) is 2.33. The molecule has 1 aliphatic heterocycles. The van der Waals surface area contributed by atoms with E-state index in [1.807, 2.05) is 0 Å². The first-order valence-corrected chi connectivity index (χ1v) is 5.31. The van der Waals surface area contributed by atoms with Crippen LogP contribution in [0.15, 0.2) is 0 Å². The Morgan fingerprint density at radius 1 is 1.57 bits per heavy atom. The quantitative estimate of drug-likeness (QED) is 0.739. The van der Waals surface area contributed by atoms with E-state index in [1.165, 1.54) is 0 Å². The van der Waals surface area contributed by atoms with Gasteiger partial charge in [0.25, 0.3) is 0 Å². The number of β-amino-alcohol motifs (C(OH)–C–C–N with tert-alkyl or cyclic N) is 1. The van der Waals surface area contributed by atoms with Gasteiger partial charge < -0.3 is 10.0 Å². The van der Waals surface area contributed by atoms with Gasteiger partial charge in [-0.1, -0.05) is 13.8 Å². The number of hydrogen-bond acceptors (Lipinski definition) is 3. The molecule has 0 aliphatic carbocycles. The number of nitrogens with zero attached hydrogens (tertiary/aromatic N) is 2. The molecule has 1 atom stereocenters. The molecule has 0 aromatic heterocycles. The molecule has 3 heteroatoms. The molecule has 1 rings (SSSR count). The molecule has 0 saturated carbocycles. The van der Waals surface area contributed by atoms with Crippen LogP contribution < -0.4 is 0 Å². The van der Waals surface area contributed by atoms with Crippen LogP contribution in [0.1, 0.15) is 33.1 Å². The Hall–Kier alpha value is -0.590. The summed E-state index contributed by atoms with van der Waals surface area (Å²) in [5, 5.41) is 17.9. The van der Waals surface area contributed by atoms with Gasteiger partial charge in [-0.2, -0.15) is 5.26 Å². The molecule has 0 spiro atoms. The van der Waals surface area contributed by atoms with Crippen LogP contribution in [0.4, 0.5) is 0 Å².